The number of aryl methyl sites for hydroxylation is 1. The highest BCUT2D eigenvalue weighted by atomic mass is 16.3. The number of Topliss-reactive ketones (excluding diaryl/α,β-unsaturated/α-hetero) is 1. The van der Waals surface area contributed by atoms with Gasteiger partial charge < -0.3 is 5.11 Å². The number of hydrogen-bond donors (Lipinski definition) is 1. The van der Waals surface area contributed by atoms with E-state index in [0.717, 1.165) is 11.3 Å². The van der Waals surface area contributed by atoms with Crippen LogP contribution in [0.15, 0.2) is 24.4 Å². The third-order valence-electron chi connectivity index (χ3n) is 3.17. The molecular weight excluding hydrogens is 214 g/mol. The minimum Gasteiger partial charge on any atom is -0.386 e. The number of hydrogen-bond acceptors (Lipinski definition) is 3. The molecule has 0 atom stereocenters. The van der Waals surface area contributed by atoms with Crippen molar-refractivity contribution in [2.24, 2.45) is 0 Å². The summed E-state index contributed by atoms with van der Waals surface area (Å²) in [5.41, 5.74) is 1.15. The lowest BCUT2D eigenvalue weighted by Gasteiger charge is -2.28. The highest BCUT2D eigenvalue weighted by molar-refractivity contribution is 5.79. The van der Waals surface area contributed by atoms with Gasteiger partial charge in [-0.05, 0) is 43.5 Å². The molecule has 0 aliphatic heterocycles. The molecule has 0 aromatic carbocycles. The summed E-state index contributed by atoms with van der Waals surface area (Å²) in [6.45, 7) is 2.01. The standard InChI is InChI=1S/C14H17NO2/c1-11-5-9-15-12(10-11)2-6-14(17)7-3-13(16)4-8-14/h2,5-6,9-10,17H,3-4,7-8H2,1H3/b6-2+. The maximum absolute atomic E-state index is 11.1. The fourth-order valence-corrected chi connectivity index (χ4v) is 2.02. The zero-order valence-corrected chi connectivity index (χ0v) is 10.0. The Morgan fingerprint density at radius 2 is 2.12 bits per heavy atom. The van der Waals surface area contributed by atoms with Gasteiger partial charge >= 0.3 is 0 Å². The summed E-state index contributed by atoms with van der Waals surface area (Å²) in [5.74, 6) is 0.247. The van der Waals surface area contributed by atoms with Gasteiger partial charge in [-0.2, -0.15) is 0 Å². The first-order valence-corrected chi connectivity index (χ1v) is 5.93. The fraction of sp³-hybridized carbons (Fsp3) is 0.429. The normalized spacial score (nSPS) is 19.8. The van der Waals surface area contributed by atoms with Gasteiger partial charge in [0.25, 0.3) is 0 Å². The zero-order valence-electron chi connectivity index (χ0n) is 10.0. The van der Waals surface area contributed by atoms with E-state index in [-0.39, 0.29) is 5.78 Å². The fourth-order valence-electron chi connectivity index (χ4n) is 2.02. The van der Waals surface area contributed by atoms with Crippen molar-refractivity contribution >= 4 is 11.9 Å². The van der Waals surface area contributed by atoms with Crippen LogP contribution in [-0.4, -0.2) is 21.5 Å². The van der Waals surface area contributed by atoms with Crippen LogP contribution in [0.3, 0.4) is 0 Å². The number of aliphatic hydroxyl groups is 1. The molecule has 0 radical (unpaired) electrons. The lowest BCUT2D eigenvalue weighted by atomic mass is 9.84. The van der Waals surface area contributed by atoms with Crippen LogP contribution >= 0.6 is 0 Å². The Morgan fingerprint density at radius 1 is 1.41 bits per heavy atom. The molecule has 1 saturated carbocycles. The molecule has 17 heavy (non-hydrogen) atoms. The number of rotatable bonds is 2. The number of ketones is 1. The van der Waals surface area contributed by atoms with E-state index < -0.39 is 5.60 Å². The second-order valence-corrected chi connectivity index (χ2v) is 4.73. The van der Waals surface area contributed by atoms with E-state index >= 15 is 0 Å². The number of pyridine rings is 1. The van der Waals surface area contributed by atoms with Crippen molar-refractivity contribution in [3.8, 4) is 0 Å². The molecule has 0 bridgehead atoms. The van der Waals surface area contributed by atoms with E-state index in [2.05, 4.69) is 4.98 Å². The van der Waals surface area contributed by atoms with Gasteiger partial charge in [0.05, 0.1) is 11.3 Å². The minimum absolute atomic E-state index is 0.247. The third kappa shape index (κ3) is 3.24. The number of carbonyl (C=O) groups is 1. The van der Waals surface area contributed by atoms with Gasteiger partial charge in [0, 0.05) is 19.0 Å². The second kappa shape index (κ2) is 4.80. The average molecular weight is 231 g/mol. The van der Waals surface area contributed by atoms with E-state index in [1.54, 1.807) is 12.3 Å². The lowest BCUT2D eigenvalue weighted by Crippen LogP contribution is -2.31. The molecule has 0 saturated heterocycles. The first kappa shape index (κ1) is 12.0. The van der Waals surface area contributed by atoms with E-state index in [1.165, 1.54) is 0 Å². The van der Waals surface area contributed by atoms with Gasteiger partial charge in [0.15, 0.2) is 0 Å². The van der Waals surface area contributed by atoms with Crippen LogP contribution in [0.4, 0.5) is 0 Å². The van der Waals surface area contributed by atoms with E-state index in [9.17, 15) is 9.90 Å². The summed E-state index contributed by atoms with van der Waals surface area (Å²) in [5, 5.41) is 10.3. The van der Waals surface area contributed by atoms with E-state index in [1.807, 2.05) is 25.1 Å². The maximum Gasteiger partial charge on any atom is 0.133 e. The average Bonchev–Trinajstić information content (AvgIpc) is 2.31. The second-order valence-electron chi connectivity index (χ2n) is 4.73. The summed E-state index contributed by atoms with van der Waals surface area (Å²) in [6.07, 6.45) is 7.36. The molecule has 1 aromatic heterocycles. The van der Waals surface area contributed by atoms with Gasteiger partial charge in [0.2, 0.25) is 0 Å². The molecule has 0 spiro atoms. The third-order valence-corrected chi connectivity index (χ3v) is 3.17. The summed E-state index contributed by atoms with van der Waals surface area (Å²) in [4.78, 5) is 15.3. The summed E-state index contributed by atoms with van der Waals surface area (Å²) in [6, 6.07) is 3.90. The van der Waals surface area contributed by atoms with Gasteiger partial charge in [-0.15, -0.1) is 0 Å². The minimum atomic E-state index is -0.834. The van der Waals surface area contributed by atoms with Crippen molar-refractivity contribution < 1.29 is 9.90 Å². The van der Waals surface area contributed by atoms with Crippen molar-refractivity contribution in [1.82, 2.24) is 4.98 Å². The molecule has 3 nitrogen and oxygen atoms in total. The Balaban J connectivity index is 2.07. The van der Waals surface area contributed by atoms with Gasteiger partial charge in [0.1, 0.15) is 5.78 Å². The van der Waals surface area contributed by atoms with E-state index in [4.69, 9.17) is 0 Å². The first-order valence-electron chi connectivity index (χ1n) is 5.93. The quantitative estimate of drug-likeness (QED) is 0.849. The molecule has 2 rings (SSSR count). The van der Waals surface area contributed by atoms with Crippen molar-refractivity contribution in [1.29, 1.82) is 0 Å². The molecule has 3 heteroatoms. The van der Waals surface area contributed by atoms with Crippen LogP contribution in [0.2, 0.25) is 0 Å². The van der Waals surface area contributed by atoms with Gasteiger partial charge in [-0.25, -0.2) is 0 Å². The predicted octanol–water partition coefficient (Wildman–Crippen LogP) is 2.28. The van der Waals surface area contributed by atoms with Crippen LogP contribution < -0.4 is 0 Å². The van der Waals surface area contributed by atoms with Crippen LogP contribution in [0.25, 0.3) is 6.08 Å². The van der Waals surface area contributed by atoms with Gasteiger partial charge in [-0.3, -0.25) is 9.78 Å². The van der Waals surface area contributed by atoms with Crippen LogP contribution in [-0.2, 0) is 4.79 Å². The van der Waals surface area contributed by atoms with Crippen molar-refractivity contribution in [2.75, 3.05) is 0 Å². The Bertz CT molecular complexity index is 441. The summed E-state index contributed by atoms with van der Waals surface area (Å²) in [7, 11) is 0. The molecule has 1 aliphatic carbocycles. The van der Waals surface area contributed by atoms with Crippen molar-refractivity contribution in [3.63, 3.8) is 0 Å². The molecule has 90 valence electrons. The molecule has 1 aromatic rings. The molecule has 1 aliphatic rings. The molecule has 0 amide bonds. The summed E-state index contributed by atoms with van der Waals surface area (Å²) >= 11 is 0. The highest BCUT2D eigenvalue weighted by Gasteiger charge is 2.29. The maximum atomic E-state index is 11.1. The van der Waals surface area contributed by atoms with Crippen molar-refractivity contribution in [2.45, 2.75) is 38.2 Å². The Kier molecular flexibility index (Phi) is 3.38. The monoisotopic (exact) mass is 231 g/mol. The van der Waals surface area contributed by atoms with Crippen LogP contribution in [0, 0.1) is 6.92 Å². The Morgan fingerprint density at radius 3 is 2.76 bits per heavy atom. The smallest absolute Gasteiger partial charge is 0.133 e. The Labute approximate surface area is 101 Å². The molecule has 1 N–H and O–H groups in total. The SMILES string of the molecule is Cc1ccnc(/C=C/C2(O)CCC(=O)CC2)c1. The number of aromatic nitrogens is 1. The number of nitrogens with zero attached hydrogens (tertiary/aromatic N) is 1. The Hall–Kier alpha value is -1.48. The molecule has 1 fully saturated rings. The first-order chi connectivity index (χ1) is 8.07. The summed E-state index contributed by atoms with van der Waals surface area (Å²) < 4.78 is 0. The molecule has 1 heterocycles. The lowest BCUT2D eigenvalue weighted by molar-refractivity contribution is -0.123. The topological polar surface area (TPSA) is 50.2 Å². The largest absolute Gasteiger partial charge is 0.386 e. The predicted molar refractivity (Wildman–Crippen MR) is 66.4 cm³/mol. The van der Waals surface area contributed by atoms with Crippen LogP contribution in [0.5, 0.6) is 0 Å². The van der Waals surface area contributed by atoms with Gasteiger partial charge in [-0.1, -0.05) is 6.08 Å². The van der Waals surface area contributed by atoms with Crippen LogP contribution in [0.1, 0.15) is 36.9 Å². The van der Waals surface area contributed by atoms with Crippen molar-refractivity contribution in [3.05, 3.63) is 35.7 Å². The molecular formula is C14H17NO2. The highest BCUT2D eigenvalue weighted by Crippen LogP contribution is 2.27. The number of carbonyl (C=O) groups excluding carboxylic acids is 1. The molecule has 0 unspecified atom stereocenters. The van der Waals surface area contributed by atoms with E-state index in [0.29, 0.717) is 25.7 Å². The zero-order chi connectivity index (χ0) is 12.3.